The normalized spacial score (nSPS) is 11.5. The SMILES string of the molecule is Cc1nc2ccccc2c(C)c1C(=O)NCC(=O)C(C)(C)c1ccc(Cl)cc1. The van der Waals surface area contributed by atoms with Gasteiger partial charge in [-0.3, -0.25) is 14.6 Å². The number of benzene rings is 2. The van der Waals surface area contributed by atoms with Crippen LogP contribution in [0.3, 0.4) is 0 Å². The zero-order valence-electron chi connectivity index (χ0n) is 16.5. The van der Waals surface area contributed by atoms with E-state index in [1.165, 1.54) is 0 Å². The molecule has 2 aromatic carbocycles. The van der Waals surface area contributed by atoms with Gasteiger partial charge >= 0.3 is 0 Å². The summed E-state index contributed by atoms with van der Waals surface area (Å²) in [6, 6.07) is 14.9. The molecule has 0 aliphatic carbocycles. The van der Waals surface area contributed by atoms with E-state index in [9.17, 15) is 9.59 Å². The second-order valence-corrected chi connectivity index (χ2v) is 7.89. The van der Waals surface area contributed by atoms with Gasteiger partial charge < -0.3 is 5.32 Å². The first kappa shape index (κ1) is 20.0. The molecule has 4 nitrogen and oxygen atoms in total. The highest BCUT2D eigenvalue weighted by atomic mass is 35.5. The van der Waals surface area contributed by atoms with Crippen molar-refractivity contribution in [3.8, 4) is 0 Å². The van der Waals surface area contributed by atoms with Crippen molar-refractivity contribution in [2.45, 2.75) is 33.1 Å². The third-order valence-electron chi connectivity index (χ3n) is 5.23. The molecule has 0 aliphatic rings. The lowest BCUT2D eigenvalue weighted by molar-refractivity contribution is -0.122. The van der Waals surface area contributed by atoms with Gasteiger partial charge in [-0.1, -0.05) is 41.9 Å². The van der Waals surface area contributed by atoms with Gasteiger partial charge in [-0.15, -0.1) is 0 Å². The van der Waals surface area contributed by atoms with E-state index >= 15 is 0 Å². The summed E-state index contributed by atoms with van der Waals surface area (Å²) in [7, 11) is 0. The highest BCUT2D eigenvalue weighted by molar-refractivity contribution is 6.30. The molecule has 0 aliphatic heterocycles. The molecule has 3 rings (SSSR count). The van der Waals surface area contributed by atoms with Crippen LogP contribution in [0.4, 0.5) is 0 Å². The minimum atomic E-state index is -0.733. The van der Waals surface area contributed by atoms with Gasteiger partial charge in [0.05, 0.1) is 28.7 Å². The van der Waals surface area contributed by atoms with E-state index in [4.69, 9.17) is 11.6 Å². The number of hydrogen-bond acceptors (Lipinski definition) is 3. The number of pyridine rings is 1. The summed E-state index contributed by atoms with van der Waals surface area (Å²) in [5, 5.41) is 4.33. The summed E-state index contributed by atoms with van der Waals surface area (Å²) in [6.07, 6.45) is 0. The summed E-state index contributed by atoms with van der Waals surface area (Å²) >= 11 is 5.94. The van der Waals surface area contributed by atoms with Gasteiger partial charge in [0, 0.05) is 10.4 Å². The molecule has 28 heavy (non-hydrogen) atoms. The molecular formula is C23H23ClN2O2. The van der Waals surface area contributed by atoms with Gasteiger partial charge in [0.25, 0.3) is 5.91 Å². The van der Waals surface area contributed by atoms with Crippen molar-refractivity contribution in [1.82, 2.24) is 10.3 Å². The average molecular weight is 395 g/mol. The second kappa shape index (κ2) is 7.72. The Hall–Kier alpha value is -2.72. The molecule has 144 valence electrons. The van der Waals surface area contributed by atoms with Gasteiger partial charge in [0.15, 0.2) is 5.78 Å². The van der Waals surface area contributed by atoms with Crippen LogP contribution in [0.25, 0.3) is 10.9 Å². The molecule has 1 heterocycles. The number of nitrogens with zero attached hydrogens (tertiary/aromatic N) is 1. The first-order chi connectivity index (χ1) is 13.2. The van der Waals surface area contributed by atoms with Gasteiger partial charge in [-0.05, 0) is 57.0 Å². The Labute approximate surface area is 169 Å². The molecule has 5 heteroatoms. The van der Waals surface area contributed by atoms with Crippen molar-refractivity contribution in [3.63, 3.8) is 0 Å². The van der Waals surface area contributed by atoms with Gasteiger partial charge in [0.2, 0.25) is 0 Å². The maximum absolute atomic E-state index is 12.8. The van der Waals surface area contributed by atoms with E-state index in [-0.39, 0.29) is 18.2 Å². The van der Waals surface area contributed by atoms with Crippen LogP contribution in [0, 0.1) is 13.8 Å². The third kappa shape index (κ3) is 3.78. The number of rotatable bonds is 5. The van der Waals surface area contributed by atoms with E-state index in [0.717, 1.165) is 22.0 Å². The fraction of sp³-hybridized carbons (Fsp3) is 0.261. The number of Topliss-reactive ketones (excluding diaryl/α,β-unsaturated/α-hetero) is 1. The maximum atomic E-state index is 12.8. The first-order valence-electron chi connectivity index (χ1n) is 9.15. The zero-order chi connectivity index (χ0) is 20.5. The molecular weight excluding hydrogens is 372 g/mol. The van der Waals surface area contributed by atoms with Crippen LogP contribution in [0.2, 0.25) is 5.02 Å². The minimum absolute atomic E-state index is 0.0554. The van der Waals surface area contributed by atoms with Crippen LogP contribution in [-0.2, 0) is 10.2 Å². The molecule has 0 saturated heterocycles. The topological polar surface area (TPSA) is 59.1 Å². The van der Waals surface area contributed by atoms with Crippen molar-refractivity contribution in [2.75, 3.05) is 6.54 Å². The lowest BCUT2D eigenvalue weighted by Crippen LogP contribution is -2.39. The fourth-order valence-electron chi connectivity index (χ4n) is 3.36. The van der Waals surface area contributed by atoms with Gasteiger partial charge in [0.1, 0.15) is 0 Å². The van der Waals surface area contributed by atoms with Crippen LogP contribution in [-0.4, -0.2) is 23.2 Å². The number of aryl methyl sites for hydroxylation is 2. The highest BCUT2D eigenvalue weighted by Crippen LogP contribution is 2.26. The van der Waals surface area contributed by atoms with E-state index < -0.39 is 5.41 Å². The molecule has 0 atom stereocenters. The van der Waals surface area contributed by atoms with Gasteiger partial charge in [-0.25, -0.2) is 0 Å². The van der Waals surface area contributed by atoms with E-state index in [0.29, 0.717) is 16.3 Å². The Morgan fingerprint density at radius 1 is 1.04 bits per heavy atom. The predicted octanol–water partition coefficient (Wildman–Crippen LogP) is 4.78. The number of aromatic nitrogens is 1. The third-order valence-corrected chi connectivity index (χ3v) is 5.48. The average Bonchev–Trinajstić information content (AvgIpc) is 2.66. The zero-order valence-corrected chi connectivity index (χ0v) is 17.2. The molecule has 0 bridgehead atoms. The van der Waals surface area contributed by atoms with Crippen LogP contribution in [0.1, 0.15) is 41.0 Å². The van der Waals surface area contributed by atoms with Crippen LogP contribution in [0.5, 0.6) is 0 Å². The lowest BCUT2D eigenvalue weighted by Gasteiger charge is -2.24. The molecule has 1 amide bonds. The number of halogens is 1. The van der Waals surface area contributed by atoms with Crippen molar-refractivity contribution in [1.29, 1.82) is 0 Å². The Bertz CT molecular complexity index is 1060. The predicted molar refractivity (Wildman–Crippen MR) is 113 cm³/mol. The Morgan fingerprint density at radius 3 is 2.36 bits per heavy atom. The first-order valence-corrected chi connectivity index (χ1v) is 9.53. The van der Waals surface area contributed by atoms with Crippen LogP contribution < -0.4 is 5.32 Å². The number of ketones is 1. The maximum Gasteiger partial charge on any atom is 0.253 e. The number of nitrogens with one attached hydrogen (secondary N) is 1. The van der Waals surface area contributed by atoms with Crippen molar-refractivity contribution in [3.05, 3.63) is 75.9 Å². The lowest BCUT2D eigenvalue weighted by atomic mass is 9.80. The molecule has 1 N–H and O–H groups in total. The Morgan fingerprint density at radius 2 is 1.68 bits per heavy atom. The summed E-state index contributed by atoms with van der Waals surface area (Å²) in [5.74, 6) is -0.360. The van der Waals surface area contributed by atoms with E-state index in [1.807, 2.05) is 64.1 Å². The van der Waals surface area contributed by atoms with E-state index in [1.54, 1.807) is 12.1 Å². The molecule has 0 radical (unpaired) electrons. The monoisotopic (exact) mass is 394 g/mol. The van der Waals surface area contributed by atoms with Gasteiger partial charge in [-0.2, -0.15) is 0 Å². The second-order valence-electron chi connectivity index (χ2n) is 7.45. The number of carbonyl (C=O) groups excluding carboxylic acids is 2. The fourth-order valence-corrected chi connectivity index (χ4v) is 3.49. The number of carbonyl (C=O) groups is 2. The summed E-state index contributed by atoms with van der Waals surface area (Å²) < 4.78 is 0. The van der Waals surface area contributed by atoms with Crippen LogP contribution in [0.15, 0.2) is 48.5 Å². The highest BCUT2D eigenvalue weighted by Gasteiger charge is 2.30. The molecule has 3 aromatic rings. The minimum Gasteiger partial charge on any atom is -0.345 e. The smallest absolute Gasteiger partial charge is 0.253 e. The number of amides is 1. The summed E-state index contributed by atoms with van der Waals surface area (Å²) in [5.41, 5.74) is 3.02. The summed E-state index contributed by atoms with van der Waals surface area (Å²) in [6.45, 7) is 7.36. The quantitative estimate of drug-likeness (QED) is 0.677. The number of hydrogen-bond donors (Lipinski definition) is 1. The van der Waals surface area contributed by atoms with Crippen molar-refractivity contribution >= 4 is 34.2 Å². The van der Waals surface area contributed by atoms with Crippen molar-refractivity contribution < 1.29 is 9.59 Å². The molecule has 0 fully saturated rings. The van der Waals surface area contributed by atoms with Crippen LogP contribution >= 0.6 is 11.6 Å². The number of fused-ring (bicyclic) bond motifs is 1. The largest absolute Gasteiger partial charge is 0.345 e. The Balaban J connectivity index is 1.79. The molecule has 0 unspecified atom stereocenters. The molecule has 1 aromatic heterocycles. The standard InChI is InChI=1S/C23H23ClN2O2/c1-14-18-7-5-6-8-19(18)26-15(2)21(14)22(28)25-13-20(27)23(3,4)16-9-11-17(24)12-10-16/h5-12H,13H2,1-4H3,(H,25,28). The van der Waals surface area contributed by atoms with E-state index in [2.05, 4.69) is 10.3 Å². The molecule has 0 saturated carbocycles. The Kier molecular flexibility index (Phi) is 5.52. The summed E-state index contributed by atoms with van der Waals surface area (Å²) in [4.78, 5) is 30.2. The number of para-hydroxylation sites is 1. The molecule has 0 spiro atoms. The van der Waals surface area contributed by atoms with Crippen molar-refractivity contribution in [2.24, 2.45) is 0 Å².